The van der Waals surface area contributed by atoms with Crippen molar-refractivity contribution in [2.24, 2.45) is 0 Å². The Balaban J connectivity index is 1.35. The van der Waals surface area contributed by atoms with Crippen molar-refractivity contribution in [3.63, 3.8) is 0 Å². The summed E-state index contributed by atoms with van der Waals surface area (Å²) >= 11 is 1.75. The molecule has 5 nitrogen and oxygen atoms in total. The number of fused-ring (bicyclic) bond motifs is 1. The van der Waals surface area contributed by atoms with E-state index in [1.807, 2.05) is 6.07 Å². The van der Waals surface area contributed by atoms with E-state index in [0.29, 0.717) is 0 Å². The first-order valence-corrected chi connectivity index (χ1v) is 9.61. The number of nitrogens with zero attached hydrogens (tertiary/aromatic N) is 3. The summed E-state index contributed by atoms with van der Waals surface area (Å²) in [6.07, 6.45) is 10.1. The molecule has 0 aromatic carbocycles. The molecular formula is C18H22N4OS. The van der Waals surface area contributed by atoms with Gasteiger partial charge in [-0.25, -0.2) is 9.97 Å². The quantitative estimate of drug-likeness (QED) is 0.932. The van der Waals surface area contributed by atoms with E-state index in [1.165, 1.54) is 23.3 Å². The molecule has 126 valence electrons. The van der Waals surface area contributed by atoms with E-state index < -0.39 is 0 Å². The fourth-order valence-electron chi connectivity index (χ4n) is 3.63. The molecule has 2 aromatic heterocycles. The highest BCUT2D eigenvalue weighted by Crippen LogP contribution is 2.30. The molecule has 0 saturated carbocycles. The van der Waals surface area contributed by atoms with Crippen molar-refractivity contribution < 1.29 is 4.79 Å². The molecule has 1 fully saturated rings. The number of hydrogen-bond donors (Lipinski definition) is 1. The van der Waals surface area contributed by atoms with Crippen LogP contribution in [0.4, 0.5) is 5.95 Å². The van der Waals surface area contributed by atoms with Crippen molar-refractivity contribution in [1.29, 1.82) is 0 Å². The molecule has 6 heteroatoms. The number of piperidine rings is 1. The number of aromatic nitrogens is 2. The first-order chi connectivity index (χ1) is 11.8. The van der Waals surface area contributed by atoms with Gasteiger partial charge < -0.3 is 10.2 Å². The van der Waals surface area contributed by atoms with Crippen LogP contribution in [-0.2, 0) is 12.8 Å². The highest BCUT2D eigenvalue weighted by atomic mass is 32.1. The van der Waals surface area contributed by atoms with Gasteiger partial charge in [-0.15, -0.1) is 11.3 Å². The van der Waals surface area contributed by atoms with Gasteiger partial charge in [0.2, 0.25) is 5.95 Å². The number of carbonyl (C=O) groups excluding carboxylic acids is 1. The Hall–Kier alpha value is -1.95. The number of rotatable bonds is 3. The Morgan fingerprint density at radius 1 is 1.17 bits per heavy atom. The maximum absolute atomic E-state index is 12.7. The van der Waals surface area contributed by atoms with Crippen molar-refractivity contribution in [1.82, 2.24) is 15.3 Å². The Labute approximate surface area is 146 Å². The number of thiophene rings is 1. The summed E-state index contributed by atoms with van der Waals surface area (Å²) in [5.74, 6) is 0.901. The molecule has 0 radical (unpaired) electrons. The molecule has 1 saturated heterocycles. The van der Waals surface area contributed by atoms with E-state index in [2.05, 4.69) is 25.6 Å². The fraction of sp³-hybridized carbons (Fsp3) is 0.500. The monoisotopic (exact) mass is 342 g/mol. The second-order valence-electron chi connectivity index (χ2n) is 6.54. The molecule has 4 rings (SSSR count). The minimum atomic E-state index is 0.115. The van der Waals surface area contributed by atoms with Crippen LogP contribution < -0.4 is 10.2 Å². The molecule has 1 aliphatic heterocycles. The fourth-order valence-corrected chi connectivity index (χ4v) is 4.75. The van der Waals surface area contributed by atoms with Gasteiger partial charge in [-0.2, -0.15) is 0 Å². The van der Waals surface area contributed by atoms with Crippen molar-refractivity contribution in [2.75, 3.05) is 18.0 Å². The van der Waals surface area contributed by atoms with Gasteiger partial charge in [0.15, 0.2) is 0 Å². The molecule has 24 heavy (non-hydrogen) atoms. The summed E-state index contributed by atoms with van der Waals surface area (Å²) in [7, 11) is 0. The molecule has 3 heterocycles. The van der Waals surface area contributed by atoms with E-state index in [4.69, 9.17) is 0 Å². The molecular weight excluding hydrogens is 320 g/mol. The maximum atomic E-state index is 12.7. The third-order valence-electron chi connectivity index (χ3n) is 4.97. The van der Waals surface area contributed by atoms with Crippen molar-refractivity contribution >= 4 is 23.2 Å². The standard InChI is InChI=1S/C18H22N4OS/c23-17(15-12-24-16-5-2-1-4-14(15)16)21-13-6-10-22(11-7-13)18-19-8-3-9-20-18/h3,8-9,12-13H,1-2,4-7,10-11H2,(H,21,23). The maximum Gasteiger partial charge on any atom is 0.252 e. The number of nitrogens with one attached hydrogen (secondary N) is 1. The molecule has 0 atom stereocenters. The number of hydrogen-bond acceptors (Lipinski definition) is 5. The van der Waals surface area contributed by atoms with E-state index in [0.717, 1.165) is 50.3 Å². The SMILES string of the molecule is O=C(NC1CCN(c2ncccn2)CC1)c1csc2c1CCCC2. The smallest absolute Gasteiger partial charge is 0.252 e. The van der Waals surface area contributed by atoms with Crippen LogP contribution in [0.3, 0.4) is 0 Å². The lowest BCUT2D eigenvalue weighted by Crippen LogP contribution is -2.45. The Morgan fingerprint density at radius 2 is 1.92 bits per heavy atom. The van der Waals surface area contributed by atoms with Crippen LogP contribution in [0.1, 0.15) is 46.5 Å². The van der Waals surface area contributed by atoms with Crippen LogP contribution in [0.25, 0.3) is 0 Å². The summed E-state index contributed by atoms with van der Waals surface area (Å²) in [4.78, 5) is 24.9. The number of aryl methyl sites for hydroxylation is 1. The van der Waals surface area contributed by atoms with Gasteiger partial charge in [-0.05, 0) is 50.2 Å². The molecule has 0 unspecified atom stereocenters. The topological polar surface area (TPSA) is 58.1 Å². The molecule has 1 N–H and O–H groups in total. The van der Waals surface area contributed by atoms with Gasteiger partial charge in [0, 0.05) is 41.8 Å². The average Bonchev–Trinajstić information content (AvgIpc) is 3.07. The molecule has 1 aliphatic carbocycles. The summed E-state index contributed by atoms with van der Waals surface area (Å²) < 4.78 is 0. The lowest BCUT2D eigenvalue weighted by Gasteiger charge is -2.32. The minimum Gasteiger partial charge on any atom is -0.349 e. The van der Waals surface area contributed by atoms with Gasteiger partial charge >= 0.3 is 0 Å². The molecule has 0 bridgehead atoms. The Kier molecular flexibility index (Phi) is 4.47. The first-order valence-electron chi connectivity index (χ1n) is 8.73. The summed E-state index contributed by atoms with van der Waals surface area (Å²) in [6.45, 7) is 1.77. The summed E-state index contributed by atoms with van der Waals surface area (Å²) in [5.41, 5.74) is 2.22. The van der Waals surface area contributed by atoms with Crippen LogP contribution in [0.2, 0.25) is 0 Å². The predicted molar refractivity (Wildman–Crippen MR) is 95.7 cm³/mol. The summed E-state index contributed by atoms with van der Waals surface area (Å²) in [6, 6.07) is 2.08. The van der Waals surface area contributed by atoms with E-state index in [1.54, 1.807) is 23.7 Å². The van der Waals surface area contributed by atoms with Gasteiger partial charge in [0.25, 0.3) is 5.91 Å². The predicted octanol–water partition coefficient (Wildman–Crippen LogP) is 2.82. The highest BCUT2D eigenvalue weighted by molar-refractivity contribution is 7.10. The van der Waals surface area contributed by atoms with Crippen LogP contribution >= 0.6 is 11.3 Å². The largest absolute Gasteiger partial charge is 0.349 e. The van der Waals surface area contributed by atoms with Crippen molar-refractivity contribution in [3.05, 3.63) is 39.8 Å². The van der Waals surface area contributed by atoms with E-state index in [-0.39, 0.29) is 11.9 Å². The number of amides is 1. The van der Waals surface area contributed by atoms with Crippen LogP contribution in [0.5, 0.6) is 0 Å². The van der Waals surface area contributed by atoms with E-state index in [9.17, 15) is 4.79 Å². The van der Waals surface area contributed by atoms with Gasteiger partial charge in [0.05, 0.1) is 5.56 Å². The zero-order chi connectivity index (χ0) is 16.4. The number of anilines is 1. The molecule has 1 amide bonds. The van der Waals surface area contributed by atoms with Crippen molar-refractivity contribution in [3.8, 4) is 0 Å². The zero-order valence-corrected chi connectivity index (χ0v) is 14.5. The Morgan fingerprint density at radius 3 is 2.71 bits per heavy atom. The van der Waals surface area contributed by atoms with Crippen LogP contribution in [-0.4, -0.2) is 35.0 Å². The van der Waals surface area contributed by atoms with Crippen molar-refractivity contribution in [2.45, 2.75) is 44.6 Å². The molecule has 0 spiro atoms. The first kappa shape index (κ1) is 15.6. The van der Waals surface area contributed by atoms with E-state index >= 15 is 0 Å². The zero-order valence-electron chi connectivity index (χ0n) is 13.7. The van der Waals surface area contributed by atoms with Gasteiger partial charge in [0.1, 0.15) is 0 Å². The van der Waals surface area contributed by atoms with Crippen LogP contribution in [0.15, 0.2) is 23.8 Å². The second-order valence-corrected chi connectivity index (χ2v) is 7.51. The molecule has 2 aromatic rings. The lowest BCUT2D eigenvalue weighted by atomic mass is 9.95. The Bertz CT molecular complexity index is 707. The number of carbonyl (C=O) groups is 1. The lowest BCUT2D eigenvalue weighted by molar-refractivity contribution is 0.0930. The summed E-state index contributed by atoms with van der Waals surface area (Å²) in [5, 5.41) is 5.30. The average molecular weight is 342 g/mol. The van der Waals surface area contributed by atoms with Gasteiger partial charge in [-0.1, -0.05) is 0 Å². The van der Waals surface area contributed by atoms with Gasteiger partial charge in [-0.3, -0.25) is 4.79 Å². The minimum absolute atomic E-state index is 0.115. The second kappa shape index (κ2) is 6.89. The molecule has 2 aliphatic rings. The van der Waals surface area contributed by atoms with Crippen LogP contribution in [0, 0.1) is 0 Å². The third-order valence-corrected chi connectivity index (χ3v) is 6.06. The third kappa shape index (κ3) is 3.15. The highest BCUT2D eigenvalue weighted by Gasteiger charge is 2.25. The normalized spacial score (nSPS) is 18.2.